The fourth-order valence-electron chi connectivity index (χ4n) is 2.33. The van der Waals surface area contributed by atoms with Crippen molar-refractivity contribution in [2.75, 3.05) is 13.1 Å². The van der Waals surface area contributed by atoms with Crippen molar-refractivity contribution in [2.24, 2.45) is 5.92 Å². The van der Waals surface area contributed by atoms with Crippen molar-refractivity contribution in [3.05, 3.63) is 10.0 Å². The Morgan fingerprint density at radius 1 is 1.50 bits per heavy atom. The van der Waals surface area contributed by atoms with E-state index in [2.05, 4.69) is 29.4 Å². The van der Waals surface area contributed by atoms with Gasteiger partial charge in [0.2, 0.25) is 11.8 Å². The highest BCUT2D eigenvalue weighted by molar-refractivity contribution is 7.11. The first-order valence-corrected chi connectivity index (χ1v) is 7.65. The van der Waals surface area contributed by atoms with Gasteiger partial charge in [0.25, 0.3) is 0 Å². The van der Waals surface area contributed by atoms with Crippen molar-refractivity contribution in [2.45, 2.75) is 39.7 Å². The van der Waals surface area contributed by atoms with Crippen LogP contribution in [0.3, 0.4) is 0 Å². The first kappa shape index (κ1) is 14.9. The molecule has 1 aromatic rings. The fraction of sp³-hybridized carbons (Fsp3) is 0.692. The van der Waals surface area contributed by atoms with E-state index in [1.54, 1.807) is 4.90 Å². The molecule has 1 aromatic heterocycles. The first-order valence-electron chi connectivity index (χ1n) is 6.83. The third-order valence-corrected chi connectivity index (χ3v) is 4.05. The molecule has 2 heterocycles. The summed E-state index contributed by atoms with van der Waals surface area (Å²) >= 11 is 1.43. The van der Waals surface area contributed by atoms with Crippen LogP contribution in [0.5, 0.6) is 0 Å². The van der Waals surface area contributed by atoms with Gasteiger partial charge in [-0.25, -0.2) is 0 Å². The molecule has 0 unspecified atom stereocenters. The van der Waals surface area contributed by atoms with Crippen molar-refractivity contribution >= 4 is 23.2 Å². The Hall–Kier alpha value is -1.50. The smallest absolute Gasteiger partial charge is 0.242 e. The number of amides is 2. The van der Waals surface area contributed by atoms with Gasteiger partial charge in [0.05, 0.1) is 6.42 Å². The molecule has 1 N–H and O–H groups in total. The lowest BCUT2D eigenvalue weighted by molar-refractivity contribution is -0.143. The predicted octanol–water partition coefficient (Wildman–Crippen LogP) is 0.762. The summed E-state index contributed by atoms with van der Waals surface area (Å²) in [4.78, 5) is 26.1. The number of hydrogen-bond donors (Lipinski definition) is 1. The molecule has 110 valence electrons. The largest absolute Gasteiger partial charge is 0.353 e. The summed E-state index contributed by atoms with van der Waals surface area (Å²) in [5, 5.41) is 12.3. The molecule has 0 aromatic carbocycles. The maximum absolute atomic E-state index is 12.4. The number of piperazine rings is 1. The maximum Gasteiger partial charge on any atom is 0.242 e. The molecular formula is C13H20N4O2S. The van der Waals surface area contributed by atoms with E-state index in [9.17, 15) is 9.59 Å². The third-order valence-electron chi connectivity index (χ3n) is 3.22. The van der Waals surface area contributed by atoms with Crippen molar-refractivity contribution in [3.63, 3.8) is 0 Å². The van der Waals surface area contributed by atoms with E-state index >= 15 is 0 Å². The normalized spacial score (nSPS) is 19.3. The molecule has 7 heteroatoms. The van der Waals surface area contributed by atoms with Crippen LogP contribution in [0.15, 0.2) is 0 Å². The molecule has 1 aliphatic heterocycles. The summed E-state index contributed by atoms with van der Waals surface area (Å²) in [6, 6.07) is -0.356. The number of carbonyl (C=O) groups excluding carboxylic acids is 2. The van der Waals surface area contributed by atoms with E-state index in [1.807, 2.05) is 6.92 Å². The van der Waals surface area contributed by atoms with Gasteiger partial charge in [-0.05, 0) is 19.3 Å². The lowest BCUT2D eigenvalue weighted by Gasteiger charge is -2.35. The summed E-state index contributed by atoms with van der Waals surface area (Å²) in [6.45, 7) is 7.06. The maximum atomic E-state index is 12.4. The van der Waals surface area contributed by atoms with E-state index in [4.69, 9.17) is 0 Å². The monoisotopic (exact) mass is 296 g/mol. The zero-order chi connectivity index (χ0) is 14.7. The fourth-order valence-corrected chi connectivity index (χ4v) is 3.03. The number of aromatic nitrogens is 2. The molecule has 0 bridgehead atoms. The van der Waals surface area contributed by atoms with Gasteiger partial charge in [-0.1, -0.05) is 13.8 Å². The van der Waals surface area contributed by atoms with E-state index in [1.165, 1.54) is 11.3 Å². The number of rotatable bonds is 4. The molecule has 1 fully saturated rings. The number of nitrogens with one attached hydrogen (secondary N) is 1. The average Bonchev–Trinajstić information content (AvgIpc) is 2.76. The molecule has 0 aliphatic carbocycles. The van der Waals surface area contributed by atoms with Crippen LogP contribution in [0, 0.1) is 12.8 Å². The van der Waals surface area contributed by atoms with Gasteiger partial charge in [0, 0.05) is 13.1 Å². The summed E-state index contributed by atoms with van der Waals surface area (Å²) in [5.74, 6) is 0.274. The quantitative estimate of drug-likeness (QED) is 0.890. The molecule has 0 spiro atoms. The van der Waals surface area contributed by atoms with Crippen molar-refractivity contribution in [1.29, 1.82) is 0 Å². The molecule has 6 nitrogen and oxygen atoms in total. The molecule has 1 aliphatic rings. The topological polar surface area (TPSA) is 75.2 Å². The van der Waals surface area contributed by atoms with E-state index in [-0.39, 0.29) is 24.3 Å². The number of aryl methyl sites for hydroxylation is 1. The highest BCUT2D eigenvalue weighted by atomic mass is 32.1. The van der Waals surface area contributed by atoms with Gasteiger partial charge in [-0.15, -0.1) is 21.5 Å². The van der Waals surface area contributed by atoms with Crippen LogP contribution in [-0.4, -0.2) is 46.0 Å². The molecule has 0 radical (unpaired) electrons. The minimum Gasteiger partial charge on any atom is -0.353 e. The Bertz CT molecular complexity index is 500. The van der Waals surface area contributed by atoms with Crippen molar-refractivity contribution in [1.82, 2.24) is 20.4 Å². The van der Waals surface area contributed by atoms with Gasteiger partial charge in [-0.2, -0.15) is 0 Å². The van der Waals surface area contributed by atoms with E-state index in [0.717, 1.165) is 5.01 Å². The van der Waals surface area contributed by atoms with Crippen LogP contribution < -0.4 is 5.32 Å². The van der Waals surface area contributed by atoms with Crippen LogP contribution in [0.1, 0.15) is 30.3 Å². The molecule has 1 saturated heterocycles. The Morgan fingerprint density at radius 3 is 2.85 bits per heavy atom. The van der Waals surface area contributed by atoms with Crippen LogP contribution in [-0.2, 0) is 16.0 Å². The molecule has 2 rings (SSSR count). The lowest BCUT2D eigenvalue weighted by atomic mass is 10.00. The van der Waals surface area contributed by atoms with E-state index in [0.29, 0.717) is 30.4 Å². The van der Waals surface area contributed by atoms with Gasteiger partial charge in [0.15, 0.2) is 0 Å². The van der Waals surface area contributed by atoms with Crippen LogP contribution in [0.4, 0.5) is 0 Å². The highest BCUT2D eigenvalue weighted by Gasteiger charge is 2.33. The lowest BCUT2D eigenvalue weighted by Crippen LogP contribution is -2.57. The Morgan fingerprint density at radius 2 is 2.25 bits per heavy atom. The minimum absolute atomic E-state index is 0.0401. The second-order valence-electron chi connectivity index (χ2n) is 5.42. The number of nitrogens with zero attached hydrogens (tertiary/aromatic N) is 3. The second kappa shape index (κ2) is 6.30. The Kier molecular flexibility index (Phi) is 4.69. The molecule has 20 heavy (non-hydrogen) atoms. The van der Waals surface area contributed by atoms with Crippen LogP contribution in [0.2, 0.25) is 0 Å². The molecular weight excluding hydrogens is 276 g/mol. The summed E-state index contributed by atoms with van der Waals surface area (Å²) in [6.07, 6.45) is 0.917. The second-order valence-corrected chi connectivity index (χ2v) is 6.68. The van der Waals surface area contributed by atoms with Crippen LogP contribution >= 0.6 is 11.3 Å². The van der Waals surface area contributed by atoms with E-state index < -0.39 is 0 Å². The Balaban J connectivity index is 2.07. The third kappa shape index (κ3) is 3.53. The SMILES string of the molecule is Cc1nnc(CC(=O)N2CCNC(=O)[C@@H]2CC(C)C)s1. The summed E-state index contributed by atoms with van der Waals surface area (Å²) < 4.78 is 0. The predicted molar refractivity (Wildman–Crippen MR) is 76.3 cm³/mol. The standard InChI is InChI=1S/C13H20N4O2S/c1-8(2)6-10-13(19)14-4-5-17(10)12(18)7-11-16-15-9(3)20-11/h8,10H,4-7H2,1-3H3,(H,14,19)/t10-/m0/s1. The molecule has 0 saturated carbocycles. The van der Waals surface area contributed by atoms with Crippen LogP contribution in [0.25, 0.3) is 0 Å². The van der Waals surface area contributed by atoms with Crippen molar-refractivity contribution < 1.29 is 9.59 Å². The zero-order valence-electron chi connectivity index (χ0n) is 12.0. The first-order chi connectivity index (χ1) is 9.47. The van der Waals surface area contributed by atoms with Crippen molar-refractivity contribution in [3.8, 4) is 0 Å². The highest BCUT2D eigenvalue weighted by Crippen LogP contribution is 2.17. The minimum atomic E-state index is -0.356. The summed E-state index contributed by atoms with van der Waals surface area (Å²) in [5.41, 5.74) is 0. The van der Waals surface area contributed by atoms with Gasteiger partial charge in [-0.3, -0.25) is 9.59 Å². The summed E-state index contributed by atoms with van der Waals surface area (Å²) in [7, 11) is 0. The zero-order valence-corrected chi connectivity index (χ0v) is 12.9. The van der Waals surface area contributed by atoms with Gasteiger partial charge < -0.3 is 10.2 Å². The number of carbonyl (C=O) groups is 2. The average molecular weight is 296 g/mol. The van der Waals surface area contributed by atoms with Gasteiger partial charge >= 0.3 is 0 Å². The van der Waals surface area contributed by atoms with Gasteiger partial charge in [0.1, 0.15) is 16.1 Å². The molecule has 2 amide bonds. The molecule has 1 atom stereocenters. The number of hydrogen-bond acceptors (Lipinski definition) is 5. The Labute approximate surface area is 122 Å².